The number of hydrogen-bond donors (Lipinski definition) is 1. The van der Waals surface area contributed by atoms with Gasteiger partial charge in [-0.25, -0.2) is 4.39 Å². The highest BCUT2D eigenvalue weighted by atomic mass is 79.9. The van der Waals surface area contributed by atoms with Crippen molar-refractivity contribution in [1.82, 2.24) is 0 Å². The molecule has 0 fully saturated rings. The maximum atomic E-state index is 13.0. The summed E-state index contributed by atoms with van der Waals surface area (Å²) in [5.41, 5.74) is 7.95. The Balaban J connectivity index is 2.60. The second-order valence-corrected chi connectivity index (χ2v) is 3.87. The Morgan fingerprint density at radius 3 is 3.00 bits per heavy atom. The van der Waals surface area contributed by atoms with Gasteiger partial charge in [0.25, 0.3) is 0 Å². The van der Waals surface area contributed by atoms with Crippen molar-refractivity contribution < 1.29 is 4.39 Å². The summed E-state index contributed by atoms with van der Waals surface area (Å²) in [6, 6.07) is 3.35. The zero-order chi connectivity index (χ0) is 8.72. The standard InChI is InChI=1S/C9H9BrFN/c10-9-6-2-4-8(12)5(6)1-3-7(9)11/h1,3,8H,2,4,12H2/t8-/m1/s1. The molecular formula is C9H9BrFN. The summed E-state index contributed by atoms with van der Waals surface area (Å²) in [5, 5.41) is 0. The number of hydrogen-bond acceptors (Lipinski definition) is 1. The fourth-order valence-corrected chi connectivity index (χ4v) is 2.22. The monoisotopic (exact) mass is 229 g/mol. The summed E-state index contributed by atoms with van der Waals surface area (Å²) in [6.07, 6.45) is 1.81. The molecule has 1 aliphatic rings. The predicted octanol–water partition coefficient (Wildman–Crippen LogP) is 2.53. The van der Waals surface area contributed by atoms with Gasteiger partial charge in [-0.1, -0.05) is 6.07 Å². The third-order valence-electron chi connectivity index (χ3n) is 2.34. The Kier molecular flexibility index (Phi) is 1.93. The van der Waals surface area contributed by atoms with Gasteiger partial charge in [-0.2, -0.15) is 0 Å². The molecular weight excluding hydrogens is 221 g/mol. The minimum atomic E-state index is -0.192. The smallest absolute Gasteiger partial charge is 0.137 e. The largest absolute Gasteiger partial charge is 0.324 e. The van der Waals surface area contributed by atoms with E-state index >= 15 is 0 Å². The van der Waals surface area contributed by atoms with Crippen molar-refractivity contribution in [3.63, 3.8) is 0 Å². The first-order chi connectivity index (χ1) is 5.70. The van der Waals surface area contributed by atoms with Crippen molar-refractivity contribution in [3.8, 4) is 0 Å². The molecule has 2 rings (SSSR count). The van der Waals surface area contributed by atoms with E-state index in [2.05, 4.69) is 15.9 Å². The first kappa shape index (κ1) is 8.20. The molecule has 1 aliphatic carbocycles. The Morgan fingerprint density at radius 1 is 1.50 bits per heavy atom. The Labute approximate surface area is 78.9 Å². The molecule has 2 N–H and O–H groups in total. The van der Waals surface area contributed by atoms with Crippen LogP contribution in [0, 0.1) is 5.82 Å². The maximum Gasteiger partial charge on any atom is 0.137 e. The average Bonchev–Trinajstić information content (AvgIpc) is 2.41. The zero-order valence-corrected chi connectivity index (χ0v) is 8.07. The summed E-state index contributed by atoms with van der Waals surface area (Å²) in [5.74, 6) is -0.192. The fraction of sp³-hybridized carbons (Fsp3) is 0.333. The van der Waals surface area contributed by atoms with Crippen LogP contribution in [0.1, 0.15) is 23.6 Å². The number of rotatable bonds is 0. The van der Waals surface area contributed by atoms with Gasteiger partial charge in [-0.3, -0.25) is 0 Å². The fourth-order valence-electron chi connectivity index (χ4n) is 1.66. The third-order valence-corrected chi connectivity index (χ3v) is 3.19. The summed E-state index contributed by atoms with van der Waals surface area (Å²) < 4.78 is 13.6. The first-order valence-corrected chi connectivity index (χ1v) is 4.72. The lowest BCUT2D eigenvalue weighted by Gasteiger charge is -2.05. The summed E-state index contributed by atoms with van der Waals surface area (Å²) in [7, 11) is 0. The Bertz CT molecular complexity index is 325. The molecule has 1 nitrogen and oxygen atoms in total. The SMILES string of the molecule is N[C@@H]1CCc2c1ccc(F)c2Br. The van der Waals surface area contributed by atoms with Crippen LogP contribution in [0.25, 0.3) is 0 Å². The molecule has 0 radical (unpaired) electrons. The molecule has 1 atom stereocenters. The minimum Gasteiger partial charge on any atom is -0.324 e. The van der Waals surface area contributed by atoms with Crippen molar-refractivity contribution in [1.29, 1.82) is 0 Å². The molecule has 0 aromatic heterocycles. The predicted molar refractivity (Wildman–Crippen MR) is 49.3 cm³/mol. The average molecular weight is 230 g/mol. The molecule has 0 saturated carbocycles. The van der Waals surface area contributed by atoms with Gasteiger partial charge in [0, 0.05) is 6.04 Å². The van der Waals surface area contributed by atoms with Crippen molar-refractivity contribution in [2.45, 2.75) is 18.9 Å². The lowest BCUT2D eigenvalue weighted by atomic mass is 10.1. The van der Waals surface area contributed by atoms with E-state index in [-0.39, 0.29) is 11.9 Å². The quantitative estimate of drug-likeness (QED) is 0.728. The van der Waals surface area contributed by atoms with Crippen molar-refractivity contribution >= 4 is 15.9 Å². The summed E-state index contributed by atoms with van der Waals surface area (Å²) in [4.78, 5) is 0. The van der Waals surface area contributed by atoms with Crippen LogP contribution in [-0.4, -0.2) is 0 Å². The van der Waals surface area contributed by atoms with E-state index in [9.17, 15) is 4.39 Å². The zero-order valence-electron chi connectivity index (χ0n) is 6.48. The second-order valence-electron chi connectivity index (χ2n) is 3.07. The molecule has 0 heterocycles. The molecule has 0 amide bonds. The van der Waals surface area contributed by atoms with E-state index in [1.807, 2.05) is 0 Å². The first-order valence-electron chi connectivity index (χ1n) is 3.92. The molecule has 64 valence electrons. The molecule has 1 aromatic carbocycles. The van der Waals surface area contributed by atoms with Crippen LogP contribution >= 0.6 is 15.9 Å². The Hall–Kier alpha value is -0.410. The van der Waals surface area contributed by atoms with Gasteiger partial charge in [-0.05, 0) is 46.0 Å². The van der Waals surface area contributed by atoms with Crippen molar-refractivity contribution in [2.24, 2.45) is 5.73 Å². The van der Waals surface area contributed by atoms with Crippen LogP contribution < -0.4 is 5.73 Å². The van der Waals surface area contributed by atoms with Crippen molar-refractivity contribution in [3.05, 3.63) is 33.5 Å². The summed E-state index contributed by atoms with van der Waals surface area (Å²) >= 11 is 3.23. The molecule has 0 bridgehead atoms. The normalized spacial score (nSPS) is 21.1. The highest BCUT2D eigenvalue weighted by molar-refractivity contribution is 9.10. The van der Waals surface area contributed by atoms with Crippen LogP contribution in [0.15, 0.2) is 16.6 Å². The van der Waals surface area contributed by atoms with Gasteiger partial charge in [0.2, 0.25) is 0 Å². The number of fused-ring (bicyclic) bond motifs is 1. The Morgan fingerprint density at radius 2 is 2.25 bits per heavy atom. The van der Waals surface area contributed by atoms with Crippen LogP contribution in [0.4, 0.5) is 4.39 Å². The lowest BCUT2D eigenvalue weighted by molar-refractivity contribution is 0.618. The van der Waals surface area contributed by atoms with E-state index < -0.39 is 0 Å². The highest BCUT2D eigenvalue weighted by Gasteiger charge is 2.22. The summed E-state index contributed by atoms with van der Waals surface area (Å²) in [6.45, 7) is 0. The number of halogens is 2. The molecule has 3 heteroatoms. The van der Waals surface area contributed by atoms with Gasteiger partial charge in [0.05, 0.1) is 4.47 Å². The van der Waals surface area contributed by atoms with Gasteiger partial charge in [-0.15, -0.1) is 0 Å². The number of benzene rings is 1. The third kappa shape index (κ3) is 1.08. The molecule has 1 aromatic rings. The second kappa shape index (κ2) is 2.82. The lowest BCUT2D eigenvalue weighted by Crippen LogP contribution is -2.05. The highest BCUT2D eigenvalue weighted by Crippen LogP contribution is 2.35. The van der Waals surface area contributed by atoms with Gasteiger partial charge >= 0.3 is 0 Å². The van der Waals surface area contributed by atoms with Crippen molar-refractivity contribution in [2.75, 3.05) is 0 Å². The van der Waals surface area contributed by atoms with E-state index in [0.29, 0.717) is 4.47 Å². The molecule has 12 heavy (non-hydrogen) atoms. The van der Waals surface area contributed by atoms with E-state index in [1.54, 1.807) is 6.07 Å². The van der Waals surface area contributed by atoms with Crippen LogP contribution in [0.2, 0.25) is 0 Å². The van der Waals surface area contributed by atoms with Crippen LogP contribution in [-0.2, 0) is 6.42 Å². The molecule has 0 spiro atoms. The van der Waals surface area contributed by atoms with Crippen LogP contribution in [0.3, 0.4) is 0 Å². The molecule has 0 saturated heterocycles. The topological polar surface area (TPSA) is 26.0 Å². The van der Waals surface area contributed by atoms with E-state index in [4.69, 9.17) is 5.73 Å². The van der Waals surface area contributed by atoms with Gasteiger partial charge in [0.1, 0.15) is 5.82 Å². The minimum absolute atomic E-state index is 0.0944. The van der Waals surface area contributed by atoms with E-state index in [0.717, 1.165) is 24.0 Å². The molecule has 0 unspecified atom stereocenters. The van der Waals surface area contributed by atoms with Gasteiger partial charge < -0.3 is 5.73 Å². The van der Waals surface area contributed by atoms with Gasteiger partial charge in [0.15, 0.2) is 0 Å². The molecule has 0 aliphatic heterocycles. The van der Waals surface area contributed by atoms with Crippen LogP contribution in [0.5, 0.6) is 0 Å². The maximum absolute atomic E-state index is 13.0. The number of nitrogens with two attached hydrogens (primary N) is 1. The van der Waals surface area contributed by atoms with E-state index in [1.165, 1.54) is 6.07 Å².